The van der Waals surface area contributed by atoms with Crippen LogP contribution in [0.15, 0.2) is 112 Å². The molecule has 5 nitrogen and oxygen atoms in total. The summed E-state index contributed by atoms with van der Waals surface area (Å²) in [6.07, 6.45) is 0. The highest BCUT2D eigenvalue weighted by Crippen LogP contribution is 2.33. The van der Waals surface area contributed by atoms with Crippen molar-refractivity contribution in [3.8, 4) is 5.75 Å². The van der Waals surface area contributed by atoms with E-state index in [1.807, 2.05) is 12.1 Å². The number of aromatic hydroxyl groups is 1. The van der Waals surface area contributed by atoms with Crippen molar-refractivity contribution in [2.75, 3.05) is 0 Å². The molecular formula is C22H17NO4S. The van der Waals surface area contributed by atoms with Gasteiger partial charge in [0.15, 0.2) is 5.75 Å². The molecule has 28 heavy (non-hydrogen) atoms. The molecule has 1 N–H and O–H groups in total. The van der Waals surface area contributed by atoms with Crippen LogP contribution in [0.4, 0.5) is 5.69 Å². The van der Waals surface area contributed by atoms with Crippen molar-refractivity contribution in [1.29, 1.82) is 0 Å². The molecule has 140 valence electrons. The lowest BCUT2D eigenvalue weighted by molar-refractivity contribution is 0.483. The Morgan fingerprint density at radius 2 is 1.14 bits per heavy atom. The number of benzene rings is 4. The van der Waals surface area contributed by atoms with Gasteiger partial charge >= 0.3 is 0 Å². The van der Waals surface area contributed by atoms with E-state index in [2.05, 4.69) is 5.18 Å². The largest absolute Gasteiger partial charge is 0.505 e. The predicted molar refractivity (Wildman–Crippen MR) is 109 cm³/mol. The molecule has 4 rings (SSSR count). The fraction of sp³-hybridized carbons (Fsp3) is 0. The van der Waals surface area contributed by atoms with Crippen LogP contribution in [0.25, 0.3) is 10.8 Å². The minimum Gasteiger partial charge on any atom is -0.505 e. The molecule has 0 saturated carbocycles. The molecule has 0 atom stereocenters. The number of hydrogen-bond acceptors (Lipinski definition) is 5. The highest BCUT2D eigenvalue weighted by atomic mass is 32.2. The van der Waals surface area contributed by atoms with Gasteiger partial charge in [0.25, 0.3) is 0 Å². The Morgan fingerprint density at radius 3 is 1.68 bits per heavy atom. The highest BCUT2D eigenvalue weighted by molar-refractivity contribution is 7.91. The molecule has 0 aliphatic rings. The lowest BCUT2D eigenvalue weighted by Crippen LogP contribution is -2.00. The maximum absolute atomic E-state index is 12.0. The van der Waals surface area contributed by atoms with Crippen molar-refractivity contribution in [2.45, 2.75) is 9.79 Å². The van der Waals surface area contributed by atoms with Crippen LogP contribution in [0.2, 0.25) is 0 Å². The van der Waals surface area contributed by atoms with Gasteiger partial charge in [0, 0.05) is 5.39 Å². The van der Waals surface area contributed by atoms with Gasteiger partial charge in [-0.2, -0.15) is 0 Å². The Kier molecular flexibility index (Phi) is 5.81. The first-order valence-corrected chi connectivity index (χ1v) is 9.91. The third-order valence-electron chi connectivity index (χ3n) is 4.08. The summed E-state index contributed by atoms with van der Waals surface area (Å²) in [4.78, 5) is 10.9. The van der Waals surface area contributed by atoms with E-state index in [4.69, 9.17) is 0 Å². The summed E-state index contributed by atoms with van der Waals surface area (Å²) >= 11 is 0. The zero-order valence-electron chi connectivity index (χ0n) is 14.8. The smallest absolute Gasteiger partial charge is 0.206 e. The zero-order valence-corrected chi connectivity index (χ0v) is 15.6. The topological polar surface area (TPSA) is 83.8 Å². The van der Waals surface area contributed by atoms with Crippen molar-refractivity contribution >= 4 is 26.3 Å². The fourth-order valence-corrected chi connectivity index (χ4v) is 3.96. The van der Waals surface area contributed by atoms with Gasteiger partial charge in [-0.25, -0.2) is 8.42 Å². The maximum atomic E-state index is 12.0. The van der Waals surface area contributed by atoms with Crippen LogP contribution in [0.3, 0.4) is 0 Å². The predicted octanol–water partition coefficient (Wildman–Crippen LogP) is 5.46. The number of hydrogen-bond donors (Lipinski definition) is 1. The number of rotatable bonds is 3. The normalized spacial score (nSPS) is 10.7. The summed E-state index contributed by atoms with van der Waals surface area (Å²) in [5, 5.41) is 13.8. The summed E-state index contributed by atoms with van der Waals surface area (Å²) < 4.78 is 24.1. The Labute approximate surface area is 162 Å². The Bertz CT molecular complexity index is 1150. The second-order valence-electron chi connectivity index (χ2n) is 5.88. The molecule has 0 aliphatic carbocycles. The van der Waals surface area contributed by atoms with Crippen molar-refractivity contribution in [3.05, 3.63) is 102 Å². The first-order valence-electron chi connectivity index (χ1n) is 8.43. The van der Waals surface area contributed by atoms with Crippen LogP contribution in [0.5, 0.6) is 5.75 Å². The van der Waals surface area contributed by atoms with Gasteiger partial charge in [0.05, 0.1) is 9.79 Å². The first-order chi connectivity index (χ1) is 13.5. The summed E-state index contributed by atoms with van der Waals surface area (Å²) in [5.74, 6) is -0.0481. The third kappa shape index (κ3) is 4.07. The van der Waals surface area contributed by atoms with E-state index in [9.17, 15) is 18.4 Å². The molecule has 4 aromatic rings. The Morgan fingerprint density at radius 1 is 0.643 bits per heavy atom. The first kappa shape index (κ1) is 19.3. The van der Waals surface area contributed by atoms with Gasteiger partial charge in [-0.3, -0.25) is 0 Å². The van der Waals surface area contributed by atoms with Crippen molar-refractivity contribution in [1.82, 2.24) is 0 Å². The molecule has 4 aromatic carbocycles. The van der Waals surface area contributed by atoms with Crippen molar-refractivity contribution in [2.24, 2.45) is 5.18 Å². The van der Waals surface area contributed by atoms with Crippen LogP contribution in [0.1, 0.15) is 0 Å². The molecule has 0 radical (unpaired) electrons. The SMILES string of the molecule is O=Nc1ccc2ccccc2c1O.O=S(=O)(c1ccccc1)c1ccccc1. The van der Waals surface area contributed by atoms with E-state index < -0.39 is 9.84 Å². The third-order valence-corrected chi connectivity index (χ3v) is 5.87. The Hall–Kier alpha value is -3.51. The molecule has 0 fully saturated rings. The Balaban J connectivity index is 0.000000162. The summed E-state index contributed by atoms with van der Waals surface area (Å²) in [7, 11) is -3.34. The van der Waals surface area contributed by atoms with Gasteiger partial charge in [-0.05, 0) is 40.9 Å². The molecule has 0 aliphatic heterocycles. The number of phenolic OH excluding ortho intramolecular Hbond substituents is 1. The summed E-state index contributed by atoms with van der Waals surface area (Å²) in [6.45, 7) is 0. The molecule has 6 heteroatoms. The molecular weight excluding hydrogens is 374 g/mol. The monoisotopic (exact) mass is 391 g/mol. The lowest BCUT2D eigenvalue weighted by Gasteiger charge is -2.03. The maximum Gasteiger partial charge on any atom is 0.206 e. The lowest BCUT2D eigenvalue weighted by atomic mass is 10.1. The highest BCUT2D eigenvalue weighted by Gasteiger charge is 2.15. The second-order valence-corrected chi connectivity index (χ2v) is 7.82. The number of phenols is 1. The van der Waals surface area contributed by atoms with E-state index in [0.717, 1.165) is 5.39 Å². The van der Waals surface area contributed by atoms with Crippen LogP contribution < -0.4 is 0 Å². The van der Waals surface area contributed by atoms with Gasteiger partial charge in [0.1, 0.15) is 5.69 Å². The van der Waals surface area contributed by atoms with Gasteiger partial charge in [0.2, 0.25) is 9.84 Å². The summed E-state index contributed by atoms with van der Waals surface area (Å²) in [5.41, 5.74) is 0.0821. The number of sulfone groups is 1. The van der Waals surface area contributed by atoms with E-state index in [1.165, 1.54) is 6.07 Å². The molecule has 0 amide bonds. The fourth-order valence-electron chi connectivity index (χ4n) is 2.65. The quantitative estimate of drug-likeness (QED) is 0.470. The zero-order chi connectivity index (χ0) is 20.0. The van der Waals surface area contributed by atoms with Crippen LogP contribution >= 0.6 is 0 Å². The van der Waals surface area contributed by atoms with Crippen molar-refractivity contribution in [3.63, 3.8) is 0 Å². The molecule has 0 aromatic heterocycles. The molecule has 0 bridgehead atoms. The standard InChI is InChI=1S/C12H10O2S.C10H7NO2/c13-15(14,11-7-3-1-4-8-11)12-9-5-2-6-10-12;12-10-8-4-2-1-3-7(8)5-6-9(10)11-13/h1-10H;1-6,12H. The van der Waals surface area contributed by atoms with Gasteiger partial charge in [-0.1, -0.05) is 66.7 Å². The molecule has 0 spiro atoms. The minimum absolute atomic E-state index is 0.0481. The van der Waals surface area contributed by atoms with E-state index >= 15 is 0 Å². The molecule has 0 unspecified atom stereocenters. The van der Waals surface area contributed by atoms with E-state index in [0.29, 0.717) is 15.2 Å². The van der Waals surface area contributed by atoms with Crippen LogP contribution in [-0.2, 0) is 9.84 Å². The number of nitrogens with zero attached hydrogens (tertiary/aromatic N) is 1. The average Bonchev–Trinajstić information content (AvgIpc) is 2.76. The van der Waals surface area contributed by atoms with E-state index in [1.54, 1.807) is 78.9 Å². The van der Waals surface area contributed by atoms with E-state index in [-0.39, 0.29) is 11.4 Å². The molecule has 0 saturated heterocycles. The summed E-state index contributed by atoms with van der Waals surface area (Å²) in [6, 6.07) is 27.4. The van der Waals surface area contributed by atoms with Gasteiger partial charge in [-0.15, -0.1) is 4.91 Å². The minimum atomic E-state index is -3.34. The molecule has 0 heterocycles. The van der Waals surface area contributed by atoms with Crippen molar-refractivity contribution < 1.29 is 13.5 Å². The number of fused-ring (bicyclic) bond motifs is 1. The second kappa shape index (κ2) is 8.45. The van der Waals surface area contributed by atoms with Crippen LogP contribution in [0, 0.1) is 4.91 Å². The van der Waals surface area contributed by atoms with Gasteiger partial charge < -0.3 is 5.11 Å². The number of nitroso groups, excluding NO2 is 1. The average molecular weight is 391 g/mol. The van der Waals surface area contributed by atoms with Crippen LogP contribution in [-0.4, -0.2) is 13.5 Å².